The van der Waals surface area contributed by atoms with Crippen molar-refractivity contribution in [3.63, 3.8) is 0 Å². The molecule has 0 bridgehead atoms. The number of rotatable bonds is 4. The molecule has 0 aliphatic rings. The Bertz CT molecular complexity index is 741. The minimum Gasteiger partial charge on any atom is -0.375 e. The Morgan fingerprint density at radius 2 is 2.10 bits per heavy atom. The molecular formula is C15H18N4S. The van der Waals surface area contributed by atoms with E-state index in [2.05, 4.69) is 41.7 Å². The molecule has 0 aliphatic heterocycles. The number of nitrogen functional groups attached to an aromatic ring is 1. The van der Waals surface area contributed by atoms with Crippen molar-refractivity contribution in [3.05, 3.63) is 40.7 Å². The van der Waals surface area contributed by atoms with Crippen LogP contribution in [0.4, 0.5) is 5.13 Å². The van der Waals surface area contributed by atoms with E-state index in [1.807, 2.05) is 5.38 Å². The van der Waals surface area contributed by atoms with Crippen molar-refractivity contribution < 1.29 is 0 Å². The number of hydrogen-bond donors (Lipinski definition) is 1. The number of anilines is 1. The van der Waals surface area contributed by atoms with E-state index in [0.29, 0.717) is 5.13 Å². The van der Waals surface area contributed by atoms with Crippen LogP contribution in [0.15, 0.2) is 23.6 Å². The van der Waals surface area contributed by atoms with Crippen LogP contribution in [0.25, 0.3) is 11.0 Å². The van der Waals surface area contributed by atoms with Crippen LogP contribution in [0, 0.1) is 6.92 Å². The van der Waals surface area contributed by atoms with Gasteiger partial charge in [0.2, 0.25) is 0 Å². The maximum Gasteiger partial charge on any atom is 0.180 e. The summed E-state index contributed by atoms with van der Waals surface area (Å²) in [5.41, 5.74) is 10.3. The summed E-state index contributed by atoms with van der Waals surface area (Å²) in [4.78, 5) is 9.02. The van der Waals surface area contributed by atoms with Crippen molar-refractivity contribution in [3.8, 4) is 0 Å². The Morgan fingerprint density at radius 3 is 2.80 bits per heavy atom. The van der Waals surface area contributed by atoms with Crippen molar-refractivity contribution in [1.82, 2.24) is 14.5 Å². The summed E-state index contributed by atoms with van der Waals surface area (Å²) in [5.74, 6) is 1.14. The summed E-state index contributed by atoms with van der Waals surface area (Å²) in [7, 11) is 2.10. The van der Waals surface area contributed by atoms with Gasteiger partial charge in [-0.3, -0.25) is 0 Å². The number of aryl methyl sites for hydroxylation is 4. The number of fused-ring (bicyclic) bond motifs is 1. The summed E-state index contributed by atoms with van der Waals surface area (Å²) < 4.78 is 2.21. The van der Waals surface area contributed by atoms with Gasteiger partial charge in [-0.05, 0) is 31.4 Å². The average Bonchev–Trinajstić information content (AvgIpc) is 2.96. The minimum absolute atomic E-state index is 0.651. The standard InChI is InChI=1S/C15H18N4S/c1-10-5-3-7-12-14(10)19(2)13(18-12)8-4-6-11-9-20-15(16)17-11/h3,5,7,9H,4,6,8H2,1-2H3,(H2,16,17). The molecular weight excluding hydrogens is 268 g/mol. The lowest BCUT2D eigenvalue weighted by atomic mass is 10.2. The van der Waals surface area contributed by atoms with Gasteiger partial charge in [-0.15, -0.1) is 11.3 Å². The van der Waals surface area contributed by atoms with Crippen LogP contribution in [-0.2, 0) is 19.9 Å². The second-order valence-electron chi connectivity index (χ2n) is 5.06. The molecule has 3 rings (SSSR count). The van der Waals surface area contributed by atoms with E-state index in [4.69, 9.17) is 10.7 Å². The Balaban J connectivity index is 1.74. The van der Waals surface area contributed by atoms with Crippen LogP contribution in [0.2, 0.25) is 0 Å². The highest BCUT2D eigenvalue weighted by molar-refractivity contribution is 7.13. The molecule has 1 aromatic carbocycles. The van der Waals surface area contributed by atoms with Gasteiger partial charge < -0.3 is 10.3 Å². The van der Waals surface area contributed by atoms with Gasteiger partial charge in [-0.1, -0.05) is 12.1 Å². The zero-order valence-electron chi connectivity index (χ0n) is 11.8. The number of nitrogens with zero attached hydrogens (tertiary/aromatic N) is 3. The largest absolute Gasteiger partial charge is 0.375 e. The molecule has 0 amide bonds. The third kappa shape index (κ3) is 2.41. The van der Waals surface area contributed by atoms with Crippen molar-refractivity contribution >= 4 is 27.5 Å². The molecule has 2 N–H and O–H groups in total. The normalized spacial score (nSPS) is 11.3. The molecule has 2 aromatic heterocycles. The van der Waals surface area contributed by atoms with Gasteiger partial charge in [-0.2, -0.15) is 0 Å². The van der Waals surface area contributed by atoms with E-state index in [1.165, 1.54) is 22.4 Å². The molecule has 2 heterocycles. The summed E-state index contributed by atoms with van der Waals surface area (Å²) >= 11 is 1.51. The van der Waals surface area contributed by atoms with E-state index in [-0.39, 0.29) is 0 Å². The first-order chi connectivity index (χ1) is 9.65. The van der Waals surface area contributed by atoms with Gasteiger partial charge in [-0.25, -0.2) is 9.97 Å². The van der Waals surface area contributed by atoms with Gasteiger partial charge in [0.05, 0.1) is 16.7 Å². The van der Waals surface area contributed by atoms with Gasteiger partial charge in [0.15, 0.2) is 5.13 Å². The number of aromatic nitrogens is 3. The van der Waals surface area contributed by atoms with Gasteiger partial charge in [0.1, 0.15) is 5.82 Å². The summed E-state index contributed by atoms with van der Waals surface area (Å²) in [6.07, 6.45) is 2.96. The summed E-state index contributed by atoms with van der Waals surface area (Å²) in [6, 6.07) is 6.27. The molecule has 4 nitrogen and oxygen atoms in total. The zero-order valence-corrected chi connectivity index (χ0v) is 12.6. The van der Waals surface area contributed by atoms with Crippen molar-refractivity contribution in [2.45, 2.75) is 26.2 Å². The van der Waals surface area contributed by atoms with Crippen molar-refractivity contribution in [2.24, 2.45) is 7.05 Å². The summed E-state index contributed by atoms with van der Waals surface area (Å²) in [5, 5.41) is 2.69. The fraction of sp³-hybridized carbons (Fsp3) is 0.333. The maximum atomic E-state index is 5.64. The van der Waals surface area contributed by atoms with Gasteiger partial charge >= 0.3 is 0 Å². The molecule has 0 atom stereocenters. The number of imidazole rings is 1. The predicted molar refractivity (Wildman–Crippen MR) is 84.0 cm³/mol. The molecule has 0 spiro atoms. The third-order valence-corrected chi connectivity index (χ3v) is 4.31. The SMILES string of the molecule is Cc1cccc2nc(CCCc3csc(N)n3)n(C)c12. The quantitative estimate of drug-likeness (QED) is 0.802. The number of para-hydroxylation sites is 1. The van der Waals surface area contributed by atoms with Crippen LogP contribution in [0.3, 0.4) is 0 Å². The molecule has 0 unspecified atom stereocenters. The molecule has 5 heteroatoms. The molecule has 20 heavy (non-hydrogen) atoms. The molecule has 3 aromatic rings. The van der Waals surface area contributed by atoms with Crippen LogP contribution >= 0.6 is 11.3 Å². The molecule has 0 radical (unpaired) electrons. The maximum absolute atomic E-state index is 5.64. The van der Waals surface area contributed by atoms with Crippen LogP contribution < -0.4 is 5.73 Å². The minimum atomic E-state index is 0.651. The van der Waals surface area contributed by atoms with Crippen LogP contribution in [-0.4, -0.2) is 14.5 Å². The number of thiazole rings is 1. The van der Waals surface area contributed by atoms with Crippen molar-refractivity contribution in [1.29, 1.82) is 0 Å². The molecule has 0 saturated heterocycles. The van der Waals surface area contributed by atoms with Crippen molar-refractivity contribution in [2.75, 3.05) is 5.73 Å². The Kier molecular flexibility index (Phi) is 3.44. The van der Waals surface area contributed by atoms with Crippen LogP contribution in [0.1, 0.15) is 23.5 Å². The fourth-order valence-electron chi connectivity index (χ4n) is 2.60. The highest BCUT2D eigenvalue weighted by Crippen LogP contribution is 2.20. The first-order valence-corrected chi connectivity index (χ1v) is 7.64. The molecule has 104 valence electrons. The average molecular weight is 286 g/mol. The molecule has 0 saturated carbocycles. The Labute approximate surface area is 122 Å². The van der Waals surface area contributed by atoms with Gasteiger partial charge in [0, 0.05) is 18.8 Å². The van der Waals surface area contributed by atoms with E-state index in [1.54, 1.807) is 0 Å². The first kappa shape index (κ1) is 13.1. The lowest BCUT2D eigenvalue weighted by molar-refractivity contribution is 0.726. The molecule has 0 aliphatic carbocycles. The number of nitrogens with two attached hydrogens (primary N) is 1. The van der Waals surface area contributed by atoms with E-state index in [0.717, 1.165) is 36.3 Å². The highest BCUT2D eigenvalue weighted by atomic mass is 32.1. The fourth-order valence-corrected chi connectivity index (χ4v) is 3.20. The monoisotopic (exact) mass is 286 g/mol. The highest BCUT2D eigenvalue weighted by Gasteiger charge is 2.09. The molecule has 0 fully saturated rings. The topological polar surface area (TPSA) is 56.7 Å². The smallest absolute Gasteiger partial charge is 0.180 e. The second kappa shape index (κ2) is 5.25. The van der Waals surface area contributed by atoms with E-state index in [9.17, 15) is 0 Å². The Hall–Kier alpha value is -1.88. The zero-order chi connectivity index (χ0) is 14.1. The van der Waals surface area contributed by atoms with E-state index < -0.39 is 0 Å². The Morgan fingerprint density at radius 1 is 1.25 bits per heavy atom. The number of hydrogen-bond acceptors (Lipinski definition) is 4. The second-order valence-corrected chi connectivity index (χ2v) is 5.95. The van der Waals surface area contributed by atoms with Gasteiger partial charge in [0.25, 0.3) is 0 Å². The lowest BCUT2D eigenvalue weighted by Crippen LogP contribution is -2.00. The predicted octanol–water partition coefficient (Wildman–Crippen LogP) is 3.10. The lowest BCUT2D eigenvalue weighted by Gasteiger charge is -2.03. The van der Waals surface area contributed by atoms with Crippen LogP contribution in [0.5, 0.6) is 0 Å². The summed E-state index contributed by atoms with van der Waals surface area (Å²) in [6.45, 7) is 2.13. The first-order valence-electron chi connectivity index (χ1n) is 6.76. The third-order valence-electron chi connectivity index (χ3n) is 3.59. The van der Waals surface area contributed by atoms with E-state index >= 15 is 0 Å². The number of benzene rings is 1.